The summed E-state index contributed by atoms with van der Waals surface area (Å²) in [6.07, 6.45) is 4.29. The Balaban J connectivity index is 1.52. The number of benzene rings is 2. The molecule has 3 heterocycles. The van der Waals surface area contributed by atoms with Gasteiger partial charge in [-0.1, -0.05) is 24.3 Å². The van der Waals surface area contributed by atoms with Gasteiger partial charge in [0.2, 0.25) is 0 Å². The van der Waals surface area contributed by atoms with E-state index in [0.717, 1.165) is 17.7 Å². The van der Waals surface area contributed by atoms with Gasteiger partial charge in [0.15, 0.2) is 5.60 Å². The van der Waals surface area contributed by atoms with Crippen molar-refractivity contribution < 1.29 is 14.3 Å². The molecule has 2 aliphatic heterocycles. The molecule has 5 rings (SSSR count). The fourth-order valence-corrected chi connectivity index (χ4v) is 4.24. The minimum absolute atomic E-state index is 0.0774. The highest BCUT2D eigenvalue weighted by molar-refractivity contribution is 6.09. The molecule has 1 aromatic heterocycles. The number of ether oxygens (including phenoxy) is 1. The summed E-state index contributed by atoms with van der Waals surface area (Å²) >= 11 is 0. The predicted molar refractivity (Wildman–Crippen MR) is 118 cm³/mol. The lowest BCUT2D eigenvalue weighted by atomic mass is 10.0. The number of nitrogens with zero attached hydrogens (tertiary/aromatic N) is 3. The van der Waals surface area contributed by atoms with Gasteiger partial charge in [-0.2, -0.15) is 0 Å². The van der Waals surface area contributed by atoms with E-state index in [9.17, 15) is 9.59 Å². The first kappa shape index (κ1) is 19.3. The second kappa shape index (κ2) is 7.23. The molecule has 6 nitrogen and oxygen atoms in total. The van der Waals surface area contributed by atoms with E-state index in [1.807, 2.05) is 30.3 Å². The average molecular weight is 413 g/mol. The van der Waals surface area contributed by atoms with E-state index in [1.165, 1.54) is 5.56 Å². The van der Waals surface area contributed by atoms with Crippen molar-refractivity contribution in [1.82, 2.24) is 4.98 Å². The molecule has 0 saturated carbocycles. The predicted octanol–water partition coefficient (Wildman–Crippen LogP) is 3.99. The molecule has 2 amide bonds. The van der Waals surface area contributed by atoms with E-state index in [4.69, 9.17) is 4.74 Å². The van der Waals surface area contributed by atoms with Gasteiger partial charge < -0.3 is 14.5 Å². The second-order valence-corrected chi connectivity index (χ2v) is 8.38. The Morgan fingerprint density at radius 1 is 1.10 bits per heavy atom. The van der Waals surface area contributed by atoms with Crippen LogP contribution < -0.4 is 14.5 Å². The van der Waals surface area contributed by atoms with Crippen molar-refractivity contribution in [2.45, 2.75) is 32.4 Å². The maximum Gasteiger partial charge on any atom is 0.271 e. The van der Waals surface area contributed by atoms with Crippen molar-refractivity contribution in [2.24, 2.45) is 0 Å². The van der Waals surface area contributed by atoms with Crippen molar-refractivity contribution in [3.8, 4) is 5.75 Å². The number of rotatable bonds is 3. The minimum atomic E-state index is -0.991. The first-order valence-electron chi connectivity index (χ1n) is 10.4. The van der Waals surface area contributed by atoms with Crippen molar-refractivity contribution in [1.29, 1.82) is 0 Å². The molecule has 2 aliphatic rings. The molecule has 0 fully saturated rings. The van der Waals surface area contributed by atoms with E-state index in [1.54, 1.807) is 54.2 Å². The number of para-hydroxylation sites is 1. The summed E-state index contributed by atoms with van der Waals surface area (Å²) in [6, 6.07) is 17.1. The van der Waals surface area contributed by atoms with Gasteiger partial charge in [-0.15, -0.1) is 0 Å². The molecule has 2 aromatic carbocycles. The van der Waals surface area contributed by atoms with Crippen molar-refractivity contribution >= 4 is 23.2 Å². The average Bonchev–Trinajstić information content (AvgIpc) is 3.21. The number of hydrogen-bond donors (Lipinski definition) is 0. The largest absolute Gasteiger partial charge is 0.476 e. The van der Waals surface area contributed by atoms with Crippen molar-refractivity contribution in [3.05, 3.63) is 83.7 Å². The lowest BCUT2D eigenvalue weighted by molar-refractivity contribution is -0.132. The van der Waals surface area contributed by atoms with Gasteiger partial charge in [0.05, 0.1) is 12.2 Å². The van der Waals surface area contributed by atoms with E-state index >= 15 is 0 Å². The van der Waals surface area contributed by atoms with Gasteiger partial charge in [0.1, 0.15) is 5.75 Å². The summed E-state index contributed by atoms with van der Waals surface area (Å²) in [6.45, 7) is 4.53. The Bertz CT molecular complexity index is 1170. The fourth-order valence-electron chi connectivity index (χ4n) is 4.24. The SMILES string of the molecule is CC1(C)Oc2ccc(C(=O)N3CCc4ccccc43)cc2N(Cc2cccnc2)C1=O. The maximum atomic E-state index is 13.3. The van der Waals surface area contributed by atoms with Crippen LogP contribution in [-0.2, 0) is 17.8 Å². The van der Waals surface area contributed by atoms with Crippen LogP contribution >= 0.6 is 0 Å². The van der Waals surface area contributed by atoms with Crippen LogP contribution in [0.2, 0.25) is 0 Å². The first-order valence-corrected chi connectivity index (χ1v) is 10.4. The molecule has 0 unspecified atom stereocenters. The Morgan fingerprint density at radius 2 is 1.94 bits per heavy atom. The van der Waals surface area contributed by atoms with E-state index < -0.39 is 5.60 Å². The highest BCUT2D eigenvalue weighted by Crippen LogP contribution is 2.40. The third kappa shape index (κ3) is 3.34. The molecule has 0 radical (unpaired) electrons. The molecule has 0 atom stereocenters. The Kier molecular flexibility index (Phi) is 4.50. The van der Waals surface area contributed by atoms with Crippen LogP contribution in [0, 0.1) is 0 Å². The lowest BCUT2D eigenvalue weighted by Crippen LogP contribution is -2.52. The molecule has 3 aromatic rings. The molecule has 0 N–H and O–H groups in total. The summed E-state index contributed by atoms with van der Waals surface area (Å²) in [4.78, 5) is 34.2. The second-order valence-electron chi connectivity index (χ2n) is 8.38. The molecule has 156 valence electrons. The van der Waals surface area contributed by atoms with Gasteiger partial charge >= 0.3 is 0 Å². The molecule has 0 saturated heterocycles. The number of carbonyl (C=O) groups is 2. The van der Waals surface area contributed by atoms with Gasteiger partial charge in [0, 0.05) is 30.2 Å². The van der Waals surface area contributed by atoms with E-state index in [0.29, 0.717) is 30.1 Å². The number of carbonyl (C=O) groups excluding carboxylic acids is 2. The quantitative estimate of drug-likeness (QED) is 0.651. The zero-order valence-corrected chi connectivity index (χ0v) is 17.5. The zero-order valence-electron chi connectivity index (χ0n) is 17.5. The smallest absolute Gasteiger partial charge is 0.271 e. The van der Waals surface area contributed by atoms with Crippen LogP contribution in [0.3, 0.4) is 0 Å². The van der Waals surface area contributed by atoms with Crippen LogP contribution in [0.4, 0.5) is 11.4 Å². The lowest BCUT2D eigenvalue weighted by Gasteiger charge is -2.39. The van der Waals surface area contributed by atoms with E-state index in [-0.39, 0.29) is 11.8 Å². The Morgan fingerprint density at radius 3 is 2.74 bits per heavy atom. The van der Waals surface area contributed by atoms with Gasteiger partial charge in [0.25, 0.3) is 11.8 Å². The summed E-state index contributed by atoms with van der Waals surface area (Å²) in [7, 11) is 0. The zero-order chi connectivity index (χ0) is 21.6. The van der Waals surface area contributed by atoms with Crippen LogP contribution in [0.25, 0.3) is 0 Å². The molecule has 0 aliphatic carbocycles. The van der Waals surface area contributed by atoms with Crippen LogP contribution in [-0.4, -0.2) is 28.9 Å². The van der Waals surface area contributed by atoms with Crippen molar-refractivity contribution in [2.75, 3.05) is 16.3 Å². The number of aromatic nitrogens is 1. The van der Waals surface area contributed by atoms with Crippen LogP contribution in [0.15, 0.2) is 67.0 Å². The van der Waals surface area contributed by atoms with Crippen LogP contribution in [0.5, 0.6) is 5.75 Å². The number of hydrogen-bond acceptors (Lipinski definition) is 4. The fraction of sp³-hybridized carbons (Fsp3) is 0.240. The number of anilines is 2. The molecule has 0 spiro atoms. The number of pyridine rings is 1. The first-order chi connectivity index (χ1) is 14.9. The molecular formula is C25H23N3O3. The summed E-state index contributed by atoms with van der Waals surface area (Å²) < 4.78 is 5.98. The van der Waals surface area contributed by atoms with E-state index in [2.05, 4.69) is 11.1 Å². The third-order valence-electron chi connectivity index (χ3n) is 5.82. The molecule has 0 bridgehead atoms. The van der Waals surface area contributed by atoms with Crippen molar-refractivity contribution in [3.63, 3.8) is 0 Å². The molecule has 6 heteroatoms. The summed E-state index contributed by atoms with van der Waals surface area (Å²) in [5.74, 6) is 0.359. The highest BCUT2D eigenvalue weighted by atomic mass is 16.5. The number of amides is 2. The van der Waals surface area contributed by atoms with Crippen LogP contribution in [0.1, 0.15) is 35.3 Å². The van der Waals surface area contributed by atoms with Gasteiger partial charge in [-0.25, -0.2) is 0 Å². The summed E-state index contributed by atoms with van der Waals surface area (Å²) in [5.41, 5.74) is 3.17. The summed E-state index contributed by atoms with van der Waals surface area (Å²) in [5, 5.41) is 0. The van der Waals surface area contributed by atoms with Gasteiger partial charge in [-0.3, -0.25) is 14.6 Å². The molecular weight excluding hydrogens is 390 g/mol. The highest BCUT2D eigenvalue weighted by Gasteiger charge is 2.41. The Hall–Kier alpha value is -3.67. The minimum Gasteiger partial charge on any atom is -0.476 e. The standard InChI is InChI=1S/C25H23N3O3/c1-25(2)24(30)28(16-17-6-5-12-26-15-17)21-14-19(9-10-22(21)31-25)23(29)27-13-11-18-7-3-4-8-20(18)27/h3-10,12,14-15H,11,13,16H2,1-2H3. The maximum absolute atomic E-state index is 13.3. The molecule has 31 heavy (non-hydrogen) atoms. The Labute approximate surface area is 181 Å². The monoisotopic (exact) mass is 413 g/mol. The normalized spacial score (nSPS) is 16.5. The number of fused-ring (bicyclic) bond motifs is 2. The topological polar surface area (TPSA) is 62.7 Å². The van der Waals surface area contributed by atoms with Gasteiger partial charge in [-0.05, 0) is 61.7 Å². The third-order valence-corrected chi connectivity index (χ3v) is 5.82.